The maximum absolute atomic E-state index is 13.4. The molecular weight excluding hydrogens is 305 g/mol. The highest BCUT2D eigenvalue weighted by Crippen LogP contribution is 2.20. The van der Waals surface area contributed by atoms with E-state index in [0.717, 1.165) is 11.3 Å². The van der Waals surface area contributed by atoms with Crippen LogP contribution in [0.1, 0.15) is 28.6 Å². The SMILES string of the molecule is Cc1c(CNCC(O)c2ccc(Cl)c(F)c2)cc(C#N)n1C. The van der Waals surface area contributed by atoms with Crippen molar-refractivity contribution < 1.29 is 9.50 Å². The van der Waals surface area contributed by atoms with Gasteiger partial charge in [0.15, 0.2) is 0 Å². The van der Waals surface area contributed by atoms with Crippen molar-refractivity contribution in [2.75, 3.05) is 6.54 Å². The maximum Gasteiger partial charge on any atom is 0.142 e. The average molecular weight is 322 g/mol. The van der Waals surface area contributed by atoms with Crippen LogP contribution in [0.5, 0.6) is 0 Å². The van der Waals surface area contributed by atoms with E-state index >= 15 is 0 Å². The molecule has 1 aromatic heterocycles. The van der Waals surface area contributed by atoms with Gasteiger partial charge in [0.1, 0.15) is 17.6 Å². The van der Waals surface area contributed by atoms with Gasteiger partial charge in [0.2, 0.25) is 0 Å². The number of aliphatic hydroxyl groups is 1. The summed E-state index contributed by atoms with van der Waals surface area (Å²) in [6, 6.07) is 8.20. The topological polar surface area (TPSA) is 61.0 Å². The van der Waals surface area contributed by atoms with E-state index in [1.807, 2.05) is 24.6 Å². The van der Waals surface area contributed by atoms with Gasteiger partial charge in [-0.05, 0) is 36.2 Å². The van der Waals surface area contributed by atoms with Crippen LogP contribution in [0.25, 0.3) is 0 Å². The molecule has 2 N–H and O–H groups in total. The highest BCUT2D eigenvalue weighted by Gasteiger charge is 2.12. The van der Waals surface area contributed by atoms with Gasteiger partial charge in [-0.3, -0.25) is 0 Å². The van der Waals surface area contributed by atoms with Crippen molar-refractivity contribution in [2.45, 2.75) is 19.6 Å². The number of hydrogen-bond donors (Lipinski definition) is 2. The summed E-state index contributed by atoms with van der Waals surface area (Å²) in [4.78, 5) is 0. The van der Waals surface area contributed by atoms with E-state index in [4.69, 9.17) is 16.9 Å². The number of halogens is 2. The summed E-state index contributed by atoms with van der Waals surface area (Å²) in [5, 5.41) is 22.2. The molecule has 2 rings (SSSR count). The highest BCUT2D eigenvalue weighted by molar-refractivity contribution is 6.30. The normalized spacial score (nSPS) is 12.2. The minimum atomic E-state index is -0.828. The zero-order valence-corrected chi connectivity index (χ0v) is 13.2. The Morgan fingerprint density at radius 3 is 2.77 bits per heavy atom. The maximum atomic E-state index is 13.4. The average Bonchev–Trinajstić information content (AvgIpc) is 2.77. The molecule has 1 heterocycles. The molecule has 4 nitrogen and oxygen atoms in total. The molecule has 22 heavy (non-hydrogen) atoms. The predicted octanol–water partition coefficient (Wildman–Crippen LogP) is 2.82. The quantitative estimate of drug-likeness (QED) is 0.890. The standard InChI is InChI=1S/C16H17ClFN3O/c1-10-12(5-13(7-19)21(10)2)8-20-9-16(22)11-3-4-14(17)15(18)6-11/h3-6,16,20,22H,8-9H2,1-2H3. The van der Waals surface area contributed by atoms with Gasteiger partial charge in [0.05, 0.1) is 11.1 Å². The molecule has 0 bridgehead atoms. The van der Waals surface area contributed by atoms with Crippen LogP contribution in [0.4, 0.5) is 4.39 Å². The first kappa shape index (κ1) is 16.5. The van der Waals surface area contributed by atoms with Crippen LogP contribution < -0.4 is 5.32 Å². The Morgan fingerprint density at radius 2 is 2.18 bits per heavy atom. The lowest BCUT2D eigenvalue weighted by atomic mass is 10.1. The Labute approximate surface area is 133 Å². The van der Waals surface area contributed by atoms with Crippen molar-refractivity contribution in [3.05, 3.63) is 57.6 Å². The Hall–Kier alpha value is -1.87. The molecular formula is C16H17ClFN3O. The second-order valence-electron chi connectivity index (χ2n) is 5.13. The fourth-order valence-corrected chi connectivity index (χ4v) is 2.35. The van der Waals surface area contributed by atoms with Crippen LogP contribution in [0.15, 0.2) is 24.3 Å². The molecule has 0 spiro atoms. The Morgan fingerprint density at radius 1 is 1.45 bits per heavy atom. The third kappa shape index (κ3) is 3.47. The molecule has 0 fully saturated rings. The first-order valence-electron chi connectivity index (χ1n) is 6.83. The smallest absolute Gasteiger partial charge is 0.142 e. The number of nitriles is 1. The molecule has 116 valence electrons. The summed E-state index contributed by atoms with van der Waals surface area (Å²) in [7, 11) is 1.84. The number of benzene rings is 1. The summed E-state index contributed by atoms with van der Waals surface area (Å²) < 4.78 is 15.2. The van der Waals surface area contributed by atoms with Crippen molar-refractivity contribution in [3.63, 3.8) is 0 Å². The molecule has 0 aliphatic rings. The van der Waals surface area contributed by atoms with Crippen molar-refractivity contribution in [1.29, 1.82) is 5.26 Å². The minimum absolute atomic E-state index is 0.0350. The second-order valence-corrected chi connectivity index (χ2v) is 5.54. The van der Waals surface area contributed by atoms with Crippen LogP contribution in [-0.4, -0.2) is 16.2 Å². The molecule has 1 unspecified atom stereocenters. The molecule has 1 aromatic carbocycles. The van der Waals surface area contributed by atoms with E-state index in [1.54, 1.807) is 6.07 Å². The van der Waals surface area contributed by atoms with E-state index in [-0.39, 0.29) is 11.6 Å². The summed E-state index contributed by atoms with van der Waals surface area (Å²) in [6.45, 7) is 2.73. The zero-order valence-electron chi connectivity index (χ0n) is 12.4. The van der Waals surface area contributed by atoms with Crippen molar-refractivity contribution in [3.8, 4) is 6.07 Å². The lowest BCUT2D eigenvalue weighted by Gasteiger charge is -2.13. The van der Waals surface area contributed by atoms with Crippen LogP contribution in [0.3, 0.4) is 0 Å². The van der Waals surface area contributed by atoms with E-state index in [0.29, 0.717) is 17.8 Å². The van der Waals surface area contributed by atoms with Gasteiger partial charge in [0.25, 0.3) is 0 Å². The molecule has 2 aromatic rings. The van der Waals surface area contributed by atoms with Crippen molar-refractivity contribution in [2.24, 2.45) is 7.05 Å². The summed E-state index contributed by atoms with van der Waals surface area (Å²) in [5.74, 6) is -0.546. The molecule has 0 amide bonds. The zero-order chi connectivity index (χ0) is 16.3. The lowest BCUT2D eigenvalue weighted by Crippen LogP contribution is -2.21. The first-order valence-corrected chi connectivity index (χ1v) is 7.21. The number of rotatable bonds is 5. The van der Waals surface area contributed by atoms with Gasteiger partial charge in [-0.15, -0.1) is 0 Å². The van der Waals surface area contributed by atoms with E-state index in [2.05, 4.69) is 11.4 Å². The Bertz CT molecular complexity index is 721. The predicted molar refractivity (Wildman–Crippen MR) is 82.9 cm³/mol. The van der Waals surface area contributed by atoms with Crippen LogP contribution in [0, 0.1) is 24.1 Å². The van der Waals surface area contributed by atoms with E-state index in [9.17, 15) is 9.50 Å². The molecule has 1 atom stereocenters. The van der Waals surface area contributed by atoms with Gasteiger partial charge in [-0.1, -0.05) is 17.7 Å². The molecule has 0 saturated carbocycles. The molecule has 0 saturated heterocycles. The van der Waals surface area contributed by atoms with Crippen LogP contribution in [0.2, 0.25) is 5.02 Å². The van der Waals surface area contributed by atoms with Crippen molar-refractivity contribution in [1.82, 2.24) is 9.88 Å². The molecule has 0 radical (unpaired) electrons. The fourth-order valence-electron chi connectivity index (χ4n) is 2.23. The number of aliphatic hydroxyl groups excluding tert-OH is 1. The molecule has 6 heteroatoms. The first-order chi connectivity index (χ1) is 10.4. The van der Waals surface area contributed by atoms with E-state index < -0.39 is 11.9 Å². The Kier molecular flexibility index (Phi) is 5.19. The van der Waals surface area contributed by atoms with Crippen LogP contribution >= 0.6 is 11.6 Å². The number of nitrogens with zero attached hydrogens (tertiary/aromatic N) is 2. The second kappa shape index (κ2) is 6.93. The van der Waals surface area contributed by atoms with Gasteiger partial charge in [-0.2, -0.15) is 5.26 Å². The third-order valence-electron chi connectivity index (χ3n) is 3.74. The summed E-state index contributed by atoms with van der Waals surface area (Å²) >= 11 is 5.62. The van der Waals surface area contributed by atoms with Gasteiger partial charge in [-0.25, -0.2) is 4.39 Å². The van der Waals surface area contributed by atoms with E-state index in [1.165, 1.54) is 12.1 Å². The summed E-state index contributed by atoms with van der Waals surface area (Å²) in [6.07, 6.45) is -0.828. The summed E-state index contributed by atoms with van der Waals surface area (Å²) in [5.41, 5.74) is 3.05. The minimum Gasteiger partial charge on any atom is -0.387 e. The van der Waals surface area contributed by atoms with Gasteiger partial charge >= 0.3 is 0 Å². The largest absolute Gasteiger partial charge is 0.387 e. The molecule has 0 aliphatic heterocycles. The monoisotopic (exact) mass is 321 g/mol. The highest BCUT2D eigenvalue weighted by atomic mass is 35.5. The Balaban J connectivity index is 1.96. The molecule has 0 aliphatic carbocycles. The third-order valence-corrected chi connectivity index (χ3v) is 4.04. The lowest BCUT2D eigenvalue weighted by molar-refractivity contribution is 0.174. The van der Waals surface area contributed by atoms with Gasteiger partial charge < -0.3 is 15.0 Å². The van der Waals surface area contributed by atoms with Gasteiger partial charge in [0, 0.05) is 25.8 Å². The van der Waals surface area contributed by atoms with Crippen LogP contribution in [-0.2, 0) is 13.6 Å². The number of hydrogen-bond acceptors (Lipinski definition) is 3. The fraction of sp³-hybridized carbons (Fsp3) is 0.312. The number of nitrogens with one attached hydrogen (secondary N) is 1. The number of aromatic nitrogens is 1. The van der Waals surface area contributed by atoms with Crippen molar-refractivity contribution >= 4 is 11.6 Å².